The summed E-state index contributed by atoms with van der Waals surface area (Å²) in [4.78, 5) is 0. The Balaban J connectivity index is 2.18. The minimum Gasteiger partial charge on any atom is -0.382 e. The lowest BCUT2D eigenvalue weighted by atomic mass is 10.1. The van der Waals surface area contributed by atoms with Crippen LogP contribution in [0.15, 0.2) is 30.3 Å². The van der Waals surface area contributed by atoms with Gasteiger partial charge in [-0.05, 0) is 18.5 Å². The van der Waals surface area contributed by atoms with Gasteiger partial charge in [0.25, 0.3) is 0 Å². The van der Waals surface area contributed by atoms with Crippen molar-refractivity contribution in [2.75, 3.05) is 13.1 Å². The third-order valence-electron chi connectivity index (χ3n) is 2.15. The van der Waals surface area contributed by atoms with Gasteiger partial charge in [-0.15, -0.1) is 0 Å². The maximum atomic E-state index is 11.9. The number of alkyl halides is 3. The molecule has 0 aliphatic rings. The van der Waals surface area contributed by atoms with Crippen molar-refractivity contribution in [1.82, 2.24) is 5.32 Å². The van der Waals surface area contributed by atoms with Crippen molar-refractivity contribution in [3.63, 3.8) is 0 Å². The zero-order valence-electron chi connectivity index (χ0n) is 8.67. The van der Waals surface area contributed by atoms with Crippen molar-refractivity contribution >= 4 is 0 Å². The Kier molecular flexibility index (Phi) is 4.76. The number of hydrogen-bond donors (Lipinski definition) is 2. The van der Waals surface area contributed by atoms with E-state index in [0.29, 0.717) is 13.0 Å². The maximum absolute atomic E-state index is 11.9. The zero-order chi connectivity index (χ0) is 12.0. The molecule has 0 saturated carbocycles. The standard InChI is InChI=1S/C11H14F3NO/c12-11(13,14)10(16)8-15-7-6-9-4-2-1-3-5-9/h1-5,10,15-16H,6-8H2/t10-/m0/s1. The van der Waals surface area contributed by atoms with Crippen LogP contribution in [0.2, 0.25) is 0 Å². The molecular weight excluding hydrogens is 219 g/mol. The second-order valence-electron chi connectivity index (χ2n) is 3.50. The molecule has 1 aromatic rings. The number of hydrogen-bond acceptors (Lipinski definition) is 2. The maximum Gasteiger partial charge on any atom is 0.415 e. The van der Waals surface area contributed by atoms with E-state index in [2.05, 4.69) is 5.32 Å². The van der Waals surface area contributed by atoms with Crippen LogP contribution in [-0.2, 0) is 6.42 Å². The summed E-state index contributed by atoms with van der Waals surface area (Å²) in [5, 5.41) is 11.3. The van der Waals surface area contributed by atoms with Gasteiger partial charge in [-0.1, -0.05) is 30.3 Å². The minimum atomic E-state index is -4.54. The third kappa shape index (κ3) is 4.63. The predicted octanol–water partition coefficient (Wildman–Crippen LogP) is 1.74. The molecule has 0 unspecified atom stereocenters. The van der Waals surface area contributed by atoms with Gasteiger partial charge in [-0.25, -0.2) is 0 Å². The van der Waals surface area contributed by atoms with Gasteiger partial charge in [0.2, 0.25) is 0 Å². The summed E-state index contributed by atoms with van der Waals surface area (Å²) in [6.45, 7) is -0.0481. The number of rotatable bonds is 5. The molecule has 1 aromatic carbocycles. The van der Waals surface area contributed by atoms with Crippen molar-refractivity contribution in [1.29, 1.82) is 0 Å². The van der Waals surface area contributed by atoms with E-state index in [9.17, 15) is 13.2 Å². The molecule has 0 heterocycles. The van der Waals surface area contributed by atoms with Gasteiger partial charge in [0.15, 0.2) is 6.10 Å². The number of halogens is 3. The molecule has 0 bridgehead atoms. The van der Waals surface area contributed by atoms with Crippen LogP contribution in [0.3, 0.4) is 0 Å². The van der Waals surface area contributed by atoms with Crippen molar-refractivity contribution in [2.24, 2.45) is 0 Å². The fourth-order valence-electron chi connectivity index (χ4n) is 1.23. The Hall–Kier alpha value is -1.07. The van der Waals surface area contributed by atoms with Gasteiger partial charge in [0, 0.05) is 6.54 Å². The fraction of sp³-hybridized carbons (Fsp3) is 0.455. The Morgan fingerprint density at radius 3 is 2.38 bits per heavy atom. The van der Waals surface area contributed by atoms with E-state index in [1.807, 2.05) is 30.3 Å². The first-order valence-corrected chi connectivity index (χ1v) is 4.99. The second-order valence-corrected chi connectivity index (χ2v) is 3.50. The van der Waals surface area contributed by atoms with Gasteiger partial charge >= 0.3 is 6.18 Å². The van der Waals surface area contributed by atoms with E-state index in [-0.39, 0.29) is 0 Å². The highest BCUT2D eigenvalue weighted by Crippen LogP contribution is 2.19. The molecule has 16 heavy (non-hydrogen) atoms. The molecule has 0 amide bonds. The Bertz CT molecular complexity index is 300. The highest BCUT2D eigenvalue weighted by atomic mass is 19.4. The number of nitrogens with one attached hydrogen (secondary N) is 1. The highest BCUT2D eigenvalue weighted by Gasteiger charge is 2.37. The average molecular weight is 233 g/mol. The first-order chi connectivity index (χ1) is 7.50. The van der Waals surface area contributed by atoms with Crippen LogP contribution >= 0.6 is 0 Å². The fourth-order valence-corrected chi connectivity index (χ4v) is 1.23. The molecule has 5 heteroatoms. The van der Waals surface area contributed by atoms with Crippen LogP contribution in [-0.4, -0.2) is 30.5 Å². The third-order valence-corrected chi connectivity index (χ3v) is 2.15. The Labute approximate surface area is 92.1 Å². The predicted molar refractivity (Wildman–Crippen MR) is 55.1 cm³/mol. The summed E-state index contributed by atoms with van der Waals surface area (Å²) < 4.78 is 35.7. The minimum absolute atomic E-state index is 0.414. The quantitative estimate of drug-likeness (QED) is 0.759. The largest absolute Gasteiger partial charge is 0.415 e. The molecule has 0 aliphatic carbocycles. The van der Waals surface area contributed by atoms with Gasteiger partial charge in [-0.2, -0.15) is 13.2 Å². The van der Waals surface area contributed by atoms with Crippen LogP contribution in [0.5, 0.6) is 0 Å². The van der Waals surface area contributed by atoms with E-state index < -0.39 is 18.8 Å². The van der Waals surface area contributed by atoms with Crippen molar-refractivity contribution in [2.45, 2.75) is 18.7 Å². The second kappa shape index (κ2) is 5.86. The van der Waals surface area contributed by atoms with E-state index >= 15 is 0 Å². The summed E-state index contributed by atoms with van der Waals surface area (Å²) in [5.41, 5.74) is 1.05. The van der Waals surface area contributed by atoms with Crippen LogP contribution in [0.25, 0.3) is 0 Å². The monoisotopic (exact) mass is 233 g/mol. The number of aliphatic hydroxyl groups is 1. The molecule has 2 N–H and O–H groups in total. The number of benzene rings is 1. The average Bonchev–Trinajstić information content (AvgIpc) is 2.24. The molecule has 1 rings (SSSR count). The molecule has 0 saturated heterocycles. The topological polar surface area (TPSA) is 32.3 Å². The van der Waals surface area contributed by atoms with Crippen molar-refractivity contribution in [3.05, 3.63) is 35.9 Å². The van der Waals surface area contributed by atoms with E-state index in [1.54, 1.807) is 0 Å². The molecule has 0 radical (unpaired) electrons. The summed E-state index contributed by atoms with van der Waals surface area (Å²) in [6.07, 6.45) is -6.19. The molecule has 0 spiro atoms. The summed E-state index contributed by atoms with van der Waals surface area (Å²) in [7, 11) is 0. The molecule has 0 aromatic heterocycles. The molecule has 90 valence electrons. The van der Waals surface area contributed by atoms with Crippen molar-refractivity contribution < 1.29 is 18.3 Å². The molecule has 2 nitrogen and oxygen atoms in total. The van der Waals surface area contributed by atoms with Crippen LogP contribution in [0, 0.1) is 0 Å². The molecule has 1 atom stereocenters. The normalized spacial score (nSPS) is 13.8. The van der Waals surface area contributed by atoms with E-state index in [4.69, 9.17) is 5.11 Å². The first kappa shape index (κ1) is 13.0. The van der Waals surface area contributed by atoms with E-state index in [0.717, 1.165) is 5.56 Å². The lowest BCUT2D eigenvalue weighted by Crippen LogP contribution is -2.38. The SMILES string of the molecule is O[C@@H](CNCCc1ccccc1)C(F)(F)F. The Morgan fingerprint density at radius 1 is 1.19 bits per heavy atom. The van der Waals surface area contributed by atoms with Crippen LogP contribution in [0.1, 0.15) is 5.56 Å². The molecular formula is C11H14F3NO. The van der Waals surface area contributed by atoms with Gasteiger partial charge in [0.1, 0.15) is 0 Å². The zero-order valence-corrected chi connectivity index (χ0v) is 8.67. The van der Waals surface area contributed by atoms with Crippen LogP contribution < -0.4 is 5.32 Å². The lowest BCUT2D eigenvalue weighted by Gasteiger charge is -2.14. The smallest absolute Gasteiger partial charge is 0.382 e. The Morgan fingerprint density at radius 2 is 1.81 bits per heavy atom. The number of aliphatic hydroxyl groups excluding tert-OH is 1. The van der Waals surface area contributed by atoms with Gasteiger partial charge in [0.05, 0.1) is 0 Å². The van der Waals surface area contributed by atoms with Crippen LogP contribution in [0.4, 0.5) is 13.2 Å². The van der Waals surface area contributed by atoms with Gasteiger partial charge < -0.3 is 10.4 Å². The van der Waals surface area contributed by atoms with E-state index in [1.165, 1.54) is 0 Å². The molecule has 0 aliphatic heterocycles. The summed E-state index contributed by atoms with van der Waals surface area (Å²) >= 11 is 0. The first-order valence-electron chi connectivity index (χ1n) is 4.99. The summed E-state index contributed by atoms with van der Waals surface area (Å²) in [6, 6.07) is 9.44. The molecule has 0 fully saturated rings. The summed E-state index contributed by atoms with van der Waals surface area (Å²) in [5.74, 6) is 0. The lowest BCUT2D eigenvalue weighted by molar-refractivity contribution is -0.201. The van der Waals surface area contributed by atoms with Gasteiger partial charge in [-0.3, -0.25) is 0 Å². The highest BCUT2D eigenvalue weighted by molar-refractivity contribution is 5.14. The van der Waals surface area contributed by atoms with Crippen molar-refractivity contribution in [3.8, 4) is 0 Å².